The second-order valence-corrected chi connectivity index (χ2v) is 16.6. The van der Waals surface area contributed by atoms with Crippen molar-refractivity contribution in [3.63, 3.8) is 0 Å². The van der Waals surface area contributed by atoms with Crippen LogP contribution in [0, 0.1) is 5.41 Å². The molecule has 3 N–H and O–H groups in total. The molecule has 1 atom stereocenters. The van der Waals surface area contributed by atoms with Crippen LogP contribution in [-0.4, -0.2) is 87.8 Å². The van der Waals surface area contributed by atoms with Gasteiger partial charge in [-0.1, -0.05) is 20.4 Å². The molecule has 0 spiro atoms. The lowest BCUT2D eigenvalue weighted by Crippen LogP contribution is -2.59. The molecule has 3 aromatic heterocycles. The summed E-state index contributed by atoms with van der Waals surface area (Å²) in [6.45, 7) is 14.5. The number of thiophene rings is 1. The van der Waals surface area contributed by atoms with Gasteiger partial charge in [0.1, 0.15) is 5.82 Å². The predicted molar refractivity (Wildman–Crippen MR) is 211 cm³/mol. The molecule has 0 radical (unpaired) electrons. The summed E-state index contributed by atoms with van der Waals surface area (Å²) < 4.78 is 6.85. The number of aromatic nitrogens is 3. The third kappa shape index (κ3) is 6.50. The van der Waals surface area contributed by atoms with Crippen LogP contribution in [-0.2, 0) is 42.4 Å². The number of aliphatic hydroxyl groups is 1. The number of ether oxygens (including phenoxy) is 1. The Hall–Kier alpha value is -4.89. The number of nitrogens with zero attached hydrogens (tertiary/aromatic N) is 6. The number of carbonyl (C=O) groups is 2. The first-order valence-corrected chi connectivity index (χ1v) is 19.3. The van der Waals surface area contributed by atoms with Gasteiger partial charge in [0, 0.05) is 73.4 Å². The number of fused-ring (bicyclic) bond motifs is 3. The second-order valence-electron chi connectivity index (χ2n) is 15.5. The van der Waals surface area contributed by atoms with Crippen LogP contribution in [0.15, 0.2) is 54.1 Å². The van der Waals surface area contributed by atoms with Gasteiger partial charge in [0.05, 0.1) is 47.8 Å². The van der Waals surface area contributed by atoms with Crippen molar-refractivity contribution < 1.29 is 19.4 Å². The summed E-state index contributed by atoms with van der Waals surface area (Å²) in [6.07, 6.45) is 7.13. The molecule has 4 aromatic rings. The third-order valence-corrected chi connectivity index (χ3v) is 12.4. The van der Waals surface area contributed by atoms with Crippen LogP contribution >= 0.6 is 11.3 Å². The summed E-state index contributed by atoms with van der Waals surface area (Å²) in [6, 6.07) is 7.99. The van der Waals surface area contributed by atoms with E-state index in [-0.39, 0.29) is 41.3 Å². The number of aryl methyl sites for hydroxylation is 1. The number of hydrogen-bond donors (Lipinski definition) is 3. The van der Waals surface area contributed by atoms with Crippen molar-refractivity contribution >= 4 is 51.8 Å². The number of pyridine rings is 1. The minimum absolute atomic E-state index is 0.0606. The predicted octanol–water partition coefficient (Wildman–Crippen LogP) is 4.50. The van der Waals surface area contributed by atoms with Gasteiger partial charge in [-0.3, -0.25) is 24.2 Å². The highest BCUT2D eigenvalue weighted by Gasteiger charge is 2.39. The lowest BCUT2D eigenvalue weighted by atomic mass is 9.89. The summed E-state index contributed by atoms with van der Waals surface area (Å²) in [5.41, 5.74) is 5.79. The summed E-state index contributed by atoms with van der Waals surface area (Å²) in [5.74, 6) is 0.00269. The summed E-state index contributed by atoms with van der Waals surface area (Å²) in [5, 5.41) is 16.9. The Kier molecular flexibility index (Phi) is 9.41. The number of hydrogen-bond acceptors (Lipinski definition) is 11. The van der Waals surface area contributed by atoms with Gasteiger partial charge in [-0.05, 0) is 73.1 Å². The zero-order valence-corrected chi connectivity index (χ0v) is 32.0. The van der Waals surface area contributed by atoms with E-state index in [1.165, 1.54) is 21.1 Å². The number of aliphatic hydroxyl groups excluding tert-OH is 1. The molecule has 4 aliphatic rings. The van der Waals surface area contributed by atoms with E-state index in [2.05, 4.69) is 52.8 Å². The normalized spacial score (nSPS) is 19.6. The first kappa shape index (κ1) is 36.1. The Morgan fingerprint density at radius 3 is 2.69 bits per heavy atom. The Balaban J connectivity index is 1.08. The van der Waals surface area contributed by atoms with Gasteiger partial charge in [-0.2, -0.15) is 0 Å². The van der Waals surface area contributed by atoms with Gasteiger partial charge in [0.25, 0.3) is 11.5 Å². The van der Waals surface area contributed by atoms with Crippen molar-refractivity contribution in [2.45, 2.75) is 58.7 Å². The molecule has 54 heavy (non-hydrogen) atoms. The number of benzene rings is 1. The van der Waals surface area contributed by atoms with Gasteiger partial charge in [0.2, 0.25) is 5.91 Å². The fraction of sp³-hybridized carbons (Fsp3) is 0.425. The van der Waals surface area contributed by atoms with Crippen molar-refractivity contribution in [2.24, 2.45) is 12.5 Å². The molecule has 0 bridgehead atoms. The molecule has 2 saturated heterocycles. The maximum Gasteiger partial charge on any atom is 0.293 e. The maximum atomic E-state index is 14.0. The number of carbonyl (C=O) groups excluding carboxylic acids is 2. The smallest absolute Gasteiger partial charge is 0.293 e. The fourth-order valence-electron chi connectivity index (χ4n) is 8.28. The Morgan fingerprint density at radius 1 is 1.15 bits per heavy atom. The van der Waals surface area contributed by atoms with E-state index >= 15 is 0 Å². The number of piperazine rings is 1. The number of anilines is 5. The van der Waals surface area contributed by atoms with Gasteiger partial charge in [-0.15, -0.1) is 11.3 Å². The Morgan fingerprint density at radius 2 is 1.96 bits per heavy atom. The summed E-state index contributed by atoms with van der Waals surface area (Å²) in [4.78, 5) is 57.9. The summed E-state index contributed by atoms with van der Waals surface area (Å²) in [7, 11) is 1.64. The van der Waals surface area contributed by atoms with E-state index in [9.17, 15) is 19.5 Å². The second kappa shape index (κ2) is 14.1. The number of nitrogens with one attached hydrogen (secondary N) is 2. The highest BCUT2D eigenvalue weighted by atomic mass is 32.1. The quantitative estimate of drug-likeness (QED) is 0.209. The van der Waals surface area contributed by atoms with Crippen molar-refractivity contribution in [1.82, 2.24) is 19.4 Å². The number of amides is 2. The van der Waals surface area contributed by atoms with Gasteiger partial charge >= 0.3 is 0 Å². The van der Waals surface area contributed by atoms with Crippen molar-refractivity contribution in [1.29, 1.82) is 0 Å². The Labute approximate surface area is 318 Å². The average Bonchev–Trinajstić information content (AvgIpc) is 3.61. The molecule has 282 valence electrons. The molecular weight excluding hydrogens is 705 g/mol. The fourth-order valence-corrected chi connectivity index (χ4v) is 9.86. The van der Waals surface area contributed by atoms with Crippen molar-refractivity contribution in [3.05, 3.63) is 86.1 Å². The first-order chi connectivity index (χ1) is 25.9. The van der Waals surface area contributed by atoms with E-state index in [1.807, 2.05) is 12.1 Å². The van der Waals surface area contributed by atoms with Crippen LogP contribution in [0.5, 0.6) is 0 Å². The van der Waals surface area contributed by atoms with E-state index in [4.69, 9.17) is 9.72 Å². The highest BCUT2D eigenvalue weighted by Crippen LogP contribution is 2.46. The zero-order chi connectivity index (χ0) is 37.9. The SMILES string of the molecule is C=CC(=O)Nc1cc(Nc2nc(-c3ccnc(N4CCc5c(sc6c5CC(C)(C)C6)C4=O)c3CO)cn(C)c2=O)ccc1N1CCN(C2COC2)CC1C. The minimum atomic E-state index is -0.382. The van der Waals surface area contributed by atoms with Crippen LogP contribution in [0.1, 0.15) is 52.0 Å². The van der Waals surface area contributed by atoms with Crippen LogP contribution < -0.4 is 26.0 Å². The molecule has 8 rings (SSSR count). The summed E-state index contributed by atoms with van der Waals surface area (Å²) >= 11 is 1.59. The molecule has 1 aliphatic carbocycles. The molecule has 2 fully saturated rings. The highest BCUT2D eigenvalue weighted by molar-refractivity contribution is 7.14. The molecular formula is C40H46N8O5S. The van der Waals surface area contributed by atoms with Crippen LogP contribution in [0.2, 0.25) is 0 Å². The van der Waals surface area contributed by atoms with Crippen LogP contribution in [0.4, 0.5) is 28.7 Å². The molecule has 2 amide bonds. The molecule has 3 aliphatic heterocycles. The molecule has 1 aromatic carbocycles. The van der Waals surface area contributed by atoms with Gasteiger partial charge in [0.15, 0.2) is 5.82 Å². The molecule has 6 heterocycles. The van der Waals surface area contributed by atoms with E-state index in [0.717, 1.165) is 68.2 Å². The lowest BCUT2D eigenvalue weighted by molar-refractivity contribution is -0.111. The molecule has 1 unspecified atom stereocenters. The monoisotopic (exact) mass is 750 g/mol. The van der Waals surface area contributed by atoms with Crippen molar-refractivity contribution in [2.75, 3.05) is 59.8 Å². The zero-order valence-electron chi connectivity index (χ0n) is 31.1. The van der Waals surface area contributed by atoms with E-state index in [0.29, 0.717) is 46.6 Å². The van der Waals surface area contributed by atoms with E-state index in [1.54, 1.807) is 47.8 Å². The number of rotatable bonds is 9. The maximum absolute atomic E-state index is 14.0. The largest absolute Gasteiger partial charge is 0.392 e. The molecule has 14 heteroatoms. The van der Waals surface area contributed by atoms with Gasteiger partial charge in [-0.25, -0.2) is 9.97 Å². The van der Waals surface area contributed by atoms with Crippen LogP contribution in [0.3, 0.4) is 0 Å². The molecule has 0 saturated carbocycles. The van der Waals surface area contributed by atoms with Crippen molar-refractivity contribution in [3.8, 4) is 11.3 Å². The Bertz CT molecular complexity index is 2230. The standard InChI is InChI=1S/C40H46N8O5S/c1-6-34(50)43-30-15-24(7-8-32(30)47-14-13-46(18-23(47)2)25-21-53-22-25)42-36-39(52)45(5)19-31(44-36)26-9-11-41-37(29(26)20-49)48-12-10-27-28-16-40(3,4)17-33(28)54-35(27)38(48)51/h6-9,11,15,19,23,25,49H,1,10,12-14,16-18,20-22H2,2-5H3,(H,42,44)(H,43,50). The third-order valence-electron chi connectivity index (χ3n) is 11.1. The van der Waals surface area contributed by atoms with Gasteiger partial charge < -0.3 is 29.9 Å². The average molecular weight is 751 g/mol. The first-order valence-electron chi connectivity index (χ1n) is 18.5. The topological polar surface area (TPSA) is 145 Å². The minimum Gasteiger partial charge on any atom is -0.392 e. The van der Waals surface area contributed by atoms with Crippen LogP contribution in [0.25, 0.3) is 11.3 Å². The molecule has 13 nitrogen and oxygen atoms in total. The lowest BCUT2D eigenvalue weighted by Gasteiger charge is -2.46. The van der Waals surface area contributed by atoms with E-state index < -0.39 is 0 Å².